The van der Waals surface area contributed by atoms with Gasteiger partial charge in [-0.3, -0.25) is 4.79 Å². The largest absolute Gasteiger partial charge is 0.495 e. The van der Waals surface area contributed by atoms with E-state index in [-0.39, 0.29) is 24.2 Å². The highest BCUT2D eigenvalue weighted by Gasteiger charge is 2.28. The topological polar surface area (TPSA) is 50.4 Å². The van der Waals surface area contributed by atoms with Crippen LogP contribution in [0.2, 0.25) is 0 Å². The van der Waals surface area contributed by atoms with Crippen LogP contribution in [0, 0.1) is 11.8 Å². The number of nitrogens with one attached hydrogen (secondary N) is 2. The molecule has 2 N–H and O–H groups in total. The Morgan fingerprint density at radius 3 is 2.67 bits per heavy atom. The lowest BCUT2D eigenvalue weighted by atomic mass is 9.88. The molecular weight excluding hydrogens is 252 g/mol. The molecular formula is C13H19ClN2O2. The molecule has 1 aromatic rings. The van der Waals surface area contributed by atoms with Gasteiger partial charge >= 0.3 is 0 Å². The van der Waals surface area contributed by atoms with Crippen molar-refractivity contribution in [3.63, 3.8) is 0 Å². The zero-order valence-electron chi connectivity index (χ0n) is 10.6. The third-order valence-electron chi connectivity index (χ3n) is 3.30. The van der Waals surface area contributed by atoms with E-state index in [2.05, 4.69) is 10.6 Å². The molecule has 4 nitrogen and oxygen atoms in total. The highest BCUT2D eigenvalue weighted by atomic mass is 35.5. The average Bonchev–Trinajstić information content (AvgIpc) is 2.27. The van der Waals surface area contributed by atoms with Crippen LogP contribution in [0.4, 0.5) is 5.69 Å². The minimum atomic E-state index is 0. The van der Waals surface area contributed by atoms with E-state index in [0.29, 0.717) is 11.7 Å². The molecule has 1 atom stereocenters. The molecule has 0 aromatic heterocycles. The molecule has 1 unspecified atom stereocenters. The molecule has 1 aliphatic heterocycles. The van der Waals surface area contributed by atoms with E-state index in [1.54, 1.807) is 7.11 Å². The Hall–Kier alpha value is -1.26. The fourth-order valence-corrected chi connectivity index (χ4v) is 1.87. The van der Waals surface area contributed by atoms with Crippen LogP contribution in [0.5, 0.6) is 5.75 Å². The number of carbonyl (C=O) groups excluding carboxylic acids is 1. The second kappa shape index (κ2) is 6.61. The number of amides is 1. The van der Waals surface area contributed by atoms with Crippen LogP contribution < -0.4 is 15.4 Å². The summed E-state index contributed by atoms with van der Waals surface area (Å²) in [4.78, 5) is 12.0. The molecule has 1 fully saturated rings. The van der Waals surface area contributed by atoms with Crippen molar-refractivity contribution < 1.29 is 9.53 Å². The van der Waals surface area contributed by atoms with Crippen LogP contribution in [-0.2, 0) is 4.79 Å². The third kappa shape index (κ3) is 3.15. The number of anilines is 1. The van der Waals surface area contributed by atoms with Crippen LogP contribution in [0.3, 0.4) is 0 Å². The van der Waals surface area contributed by atoms with Gasteiger partial charge < -0.3 is 15.4 Å². The molecule has 1 aromatic carbocycles. The van der Waals surface area contributed by atoms with Crippen LogP contribution in [-0.4, -0.2) is 26.1 Å². The normalized spacial score (nSPS) is 16.1. The fourth-order valence-electron chi connectivity index (χ4n) is 1.87. The molecule has 0 aliphatic carbocycles. The average molecular weight is 271 g/mol. The predicted molar refractivity (Wildman–Crippen MR) is 74.4 cm³/mol. The molecule has 0 saturated carbocycles. The number of rotatable bonds is 4. The zero-order chi connectivity index (χ0) is 12.3. The summed E-state index contributed by atoms with van der Waals surface area (Å²) in [5.74, 6) is 1.23. The second-order valence-corrected chi connectivity index (χ2v) is 4.40. The first-order valence-corrected chi connectivity index (χ1v) is 5.87. The SMILES string of the molecule is COc1ccccc1NC(=O)C(C)C1CNC1.Cl. The number of halogens is 1. The molecule has 18 heavy (non-hydrogen) atoms. The molecule has 0 bridgehead atoms. The number of para-hydroxylation sites is 2. The lowest BCUT2D eigenvalue weighted by Crippen LogP contribution is -2.48. The molecule has 100 valence electrons. The first-order valence-electron chi connectivity index (χ1n) is 5.87. The van der Waals surface area contributed by atoms with Crippen molar-refractivity contribution in [1.29, 1.82) is 0 Å². The van der Waals surface area contributed by atoms with Gasteiger partial charge in [-0.25, -0.2) is 0 Å². The van der Waals surface area contributed by atoms with E-state index in [4.69, 9.17) is 4.74 Å². The predicted octanol–water partition coefficient (Wildman–Crippen LogP) is 1.91. The quantitative estimate of drug-likeness (QED) is 0.879. The summed E-state index contributed by atoms with van der Waals surface area (Å²) < 4.78 is 5.20. The van der Waals surface area contributed by atoms with Gasteiger partial charge in [-0.15, -0.1) is 12.4 Å². The van der Waals surface area contributed by atoms with Crippen LogP contribution >= 0.6 is 12.4 Å². The van der Waals surface area contributed by atoms with Gasteiger partial charge in [0.2, 0.25) is 5.91 Å². The highest BCUT2D eigenvalue weighted by molar-refractivity contribution is 5.94. The summed E-state index contributed by atoms with van der Waals surface area (Å²) in [5.41, 5.74) is 0.735. The minimum Gasteiger partial charge on any atom is -0.495 e. The van der Waals surface area contributed by atoms with Crippen molar-refractivity contribution in [3.8, 4) is 5.75 Å². The van der Waals surface area contributed by atoms with Crippen LogP contribution in [0.25, 0.3) is 0 Å². The van der Waals surface area contributed by atoms with Gasteiger partial charge in [0, 0.05) is 5.92 Å². The van der Waals surface area contributed by atoms with E-state index >= 15 is 0 Å². The van der Waals surface area contributed by atoms with Gasteiger partial charge in [0.25, 0.3) is 0 Å². The van der Waals surface area contributed by atoms with Gasteiger partial charge in [0.1, 0.15) is 5.75 Å². The molecule has 0 spiro atoms. The van der Waals surface area contributed by atoms with Crippen LogP contribution in [0.15, 0.2) is 24.3 Å². The van der Waals surface area contributed by atoms with Gasteiger partial charge in [-0.2, -0.15) is 0 Å². The maximum Gasteiger partial charge on any atom is 0.227 e. The van der Waals surface area contributed by atoms with Crippen molar-refractivity contribution >= 4 is 24.0 Å². The Bertz CT molecular complexity index is 408. The Morgan fingerprint density at radius 1 is 1.44 bits per heavy atom. The highest BCUT2D eigenvalue weighted by Crippen LogP contribution is 2.25. The second-order valence-electron chi connectivity index (χ2n) is 4.40. The Morgan fingerprint density at radius 2 is 2.11 bits per heavy atom. The molecule has 0 radical (unpaired) electrons. The summed E-state index contributed by atoms with van der Waals surface area (Å²) in [6.45, 7) is 3.83. The Kier molecular flexibility index (Phi) is 5.44. The smallest absolute Gasteiger partial charge is 0.227 e. The maximum absolute atomic E-state index is 12.0. The van der Waals surface area contributed by atoms with Gasteiger partial charge in [-0.05, 0) is 31.1 Å². The van der Waals surface area contributed by atoms with Crippen molar-refractivity contribution in [1.82, 2.24) is 5.32 Å². The van der Waals surface area contributed by atoms with Gasteiger partial charge in [-0.1, -0.05) is 19.1 Å². The van der Waals surface area contributed by atoms with E-state index in [9.17, 15) is 4.79 Å². The van der Waals surface area contributed by atoms with Crippen LogP contribution in [0.1, 0.15) is 6.92 Å². The first kappa shape index (κ1) is 14.8. The summed E-state index contributed by atoms with van der Waals surface area (Å²) in [5, 5.41) is 6.10. The minimum absolute atomic E-state index is 0. The Balaban J connectivity index is 0.00000162. The Labute approximate surface area is 114 Å². The van der Waals surface area contributed by atoms with Crippen molar-refractivity contribution in [3.05, 3.63) is 24.3 Å². The number of hydrogen-bond acceptors (Lipinski definition) is 3. The number of benzene rings is 1. The monoisotopic (exact) mass is 270 g/mol. The lowest BCUT2D eigenvalue weighted by Gasteiger charge is -2.31. The van der Waals surface area contributed by atoms with E-state index in [1.807, 2.05) is 31.2 Å². The van der Waals surface area contributed by atoms with E-state index in [0.717, 1.165) is 18.8 Å². The van der Waals surface area contributed by atoms with Crippen molar-refractivity contribution in [2.75, 3.05) is 25.5 Å². The summed E-state index contributed by atoms with van der Waals surface area (Å²) in [6, 6.07) is 7.45. The number of carbonyl (C=O) groups is 1. The summed E-state index contributed by atoms with van der Waals surface area (Å²) >= 11 is 0. The van der Waals surface area contributed by atoms with Crippen molar-refractivity contribution in [2.24, 2.45) is 11.8 Å². The lowest BCUT2D eigenvalue weighted by molar-refractivity contribution is -0.121. The number of ether oxygens (including phenoxy) is 1. The van der Waals surface area contributed by atoms with Gasteiger partial charge in [0.15, 0.2) is 0 Å². The van der Waals surface area contributed by atoms with E-state index < -0.39 is 0 Å². The summed E-state index contributed by atoms with van der Waals surface area (Å²) in [6.07, 6.45) is 0. The first-order chi connectivity index (χ1) is 8.22. The number of hydrogen-bond donors (Lipinski definition) is 2. The molecule has 1 amide bonds. The number of methoxy groups -OCH3 is 1. The van der Waals surface area contributed by atoms with E-state index in [1.165, 1.54) is 0 Å². The molecule has 1 aliphatic rings. The maximum atomic E-state index is 12.0. The standard InChI is InChI=1S/C13H18N2O2.ClH/c1-9(10-7-14-8-10)13(16)15-11-5-3-4-6-12(11)17-2;/h3-6,9-10,14H,7-8H2,1-2H3,(H,15,16);1H. The molecule has 1 saturated heterocycles. The zero-order valence-corrected chi connectivity index (χ0v) is 11.4. The van der Waals surface area contributed by atoms with Crippen molar-refractivity contribution in [2.45, 2.75) is 6.92 Å². The van der Waals surface area contributed by atoms with Gasteiger partial charge in [0.05, 0.1) is 12.8 Å². The molecule has 5 heteroatoms. The fraction of sp³-hybridized carbons (Fsp3) is 0.462. The molecule has 2 rings (SSSR count). The summed E-state index contributed by atoms with van der Waals surface area (Å²) in [7, 11) is 1.60. The molecule has 1 heterocycles. The third-order valence-corrected chi connectivity index (χ3v) is 3.30.